The second-order valence-corrected chi connectivity index (χ2v) is 5.74. The SMILES string of the molecule is O=Cc1ccc(SC2CCCC2)c(C(F)(F)F)c1. The summed E-state index contributed by atoms with van der Waals surface area (Å²) in [5.41, 5.74) is -0.623. The number of aldehydes is 1. The Kier molecular flexibility index (Phi) is 4.00. The van der Waals surface area contributed by atoms with Crippen LogP contribution in [0.25, 0.3) is 0 Å². The lowest BCUT2D eigenvalue weighted by molar-refractivity contribution is -0.139. The van der Waals surface area contributed by atoms with Gasteiger partial charge < -0.3 is 0 Å². The molecule has 0 N–H and O–H groups in total. The molecule has 1 aromatic rings. The van der Waals surface area contributed by atoms with Crippen LogP contribution < -0.4 is 0 Å². The molecular formula is C13H13F3OS. The van der Waals surface area contributed by atoms with Crippen molar-refractivity contribution in [1.82, 2.24) is 0 Å². The predicted octanol–water partition coefficient (Wildman–Crippen LogP) is 4.55. The van der Waals surface area contributed by atoms with Gasteiger partial charge in [-0.3, -0.25) is 4.79 Å². The Bertz CT molecular complexity index is 436. The van der Waals surface area contributed by atoms with Crippen molar-refractivity contribution < 1.29 is 18.0 Å². The maximum absolute atomic E-state index is 12.9. The Balaban J connectivity index is 2.30. The van der Waals surface area contributed by atoms with Crippen LogP contribution in [0.4, 0.5) is 13.2 Å². The average molecular weight is 274 g/mol. The van der Waals surface area contributed by atoms with E-state index in [2.05, 4.69) is 0 Å². The first-order valence-corrected chi connectivity index (χ1v) is 6.72. The first kappa shape index (κ1) is 13.5. The van der Waals surface area contributed by atoms with Gasteiger partial charge in [0.1, 0.15) is 6.29 Å². The van der Waals surface area contributed by atoms with Crippen molar-refractivity contribution in [2.24, 2.45) is 0 Å². The standard InChI is InChI=1S/C13H13F3OS/c14-13(15,16)11-7-9(8-17)5-6-12(11)18-10-3-1-2-4-10/h5-8,10H,1-4H2. The number of hydrogen-bond donors (Lipinski definition) is 0. The fourth-order valence-electron chi connectivity index (χ4n) is 2.13. The third-order valence-electron chi connectivity index (χ3n) is 3.04. The van der Waals surface area contributed by atoms with Crippen LogP contribution in [-0.2, 0) is 6.18 Å². The lowest BCUT2D eigenvalue weighted by atomic mass is 10.1. The molecule has 1 nitrogen and oxygen atoms in total. The van der Waals surface area contributed by atoms with E-state index in [4.69, 9.17) is 0 Å². The molecule has 1 aliphatic carbocycles. The van der Waals surface area contributed by atoms with Crippen molar-refractivity contribution in [1.29, 1.82) is 0 Å². The average Bonchev–Trinajstić information content (AvgIpc) is 2.81. The summed E-state index contributed by atoms with van der Waals surface area (Å²) in [4.78, 5) is 10.8. The molecule has 0 unspecified atom stereocenters. The molecule has 0 amide bonds. The number of thioether (sulfide) groups is 1. The van der Waals surface area contributed by atoms with Gasteiger partial charge in [0.05, 0.1) is 5.56 Å². The molecule has 0 saturated heterocycles. The van der Waals surface area contributed by atoms with Crippen molar-refractivity contribution in [3.05, 3.63) is 29.3 Å². The van der Waals surface area contributed by atoms with Gasteiger partial charge in [-0.05, 0) is 25.0 Å². The van der Waals surface area contributed by atoms with Gasteiger partial charge in [0.2, 0.25) is 0 Å². The van der Waals surface area contributed by atoms with Gasteiger partial charge >= 0.3 is 6.18 Å². The number of hydrogen-bond acceptors (Lipinski definition) is 2. The number of carbonyl (C=O) groups is 1. The maximum atomic E-state index is 12.9. The molecule has 1 fully saturated rings. The van der Waals surface area contributed by atoms with E-state index in [9.17, 15) is 18.0 Å². The van der Waals surface area contributed by atoms with Gasteiger partial charge in [0, 0.05) is 15.7 Å². The van der Waals surface area contributed by atoms with Gasteiger partial charge in [0.25, 0.3) is 0 Å². The zero-order valence-corrected chi connectivity index (χ0v) is 10.5. The fourth-order valence-corrected chi connectivity index (χ4v) is 3.51. The number of rotatable bonds is 3. The molecule has 0 aliphatic heterocycles. The zero-order chi connectivity index (χ0) is 13.2. The second-order valence-electron chi connectivity index (χ2n) is 4.40. The Morgan fingerprint density at radius 2 is 1.89 bits per heavy atom. The largest absolute Gasteiger partial charge is 0.417 e. The van der Waals surface area contributed by atoms with E-state index in [1.54, 1.807) is 0 Å². The highest BCUT2D eigenvalue weighted by atomic mass is 32.2. The van der Waals surface area contributed by atoms with Crippen LogP contribution in [0.15, 0.2) is 23.1 Å². The van der Waals surface area contributed by atoms with Gasteiger partial charge in [0.15, 0.2) is 0 Å². The van der Waals surface area contributed by atoms with Crippen LogP contribution >= 0.6 is 11.8 Å². The van der Waals surface area contributed by atoms with Crippen LogP contribution in [-0.4, -0.2) is 11.5 Å². The van der Waals surface area contributed by atoms with E-state index in [0.29, 0.717) is 6.29 Å². The summed E-state index contributed by atoms with van der Waals surface area (Å²) >= 11 is 1.29. The second kappa shape index (κ2) is 5.34. The molecule has 1 aromatic carbocycles. The van der Waals surface area contributed by atoms with E-state index < -0.39 is 11.7 Å². The summed E-state index contributed by atoms with van der Waals surface area (Å²) in [7, 11) is 0. The predicted molar refractivity (Wildman–Crippen MR) is 64.9 cm³/mol. The van der Waals surface area contributed by atoms with E-state index in [-0.39, 0.29) is 15.7 Å². The highest BCUT2D eigenvalue weighted by Gasteiger charge is 2.34. The topological polar surface area (TPSA) is 17.1 Å². The van der Waals surface area contributed by atoms with Crippen molar-refractivity contribution in [2.75, 3.05) is 0 Å². The monoisotopic (exact) mass is 274 g/mol. The summed E-state index contributed by atoms with van der Waals surface area (Å²) in [5, 5.41) is 0.271. The Labute approximate surface area is 108 Å². The molecular weight excluding hydrogens is 261 g/mol. The van der Waals surface area contributed by atoms with Crippen LogP contribution in [0.1, 0.15) is 41.6 Å². The minimum Gasteiger partial charge on any atom is -0.298 e. The molecule has 18 heavy (non-hydrogen) atoms. The first-order valence-electron chi connectivity index (χ1n) is 5.84. The number of carbonyl (C=O) groups excluding carboxylic acids is 1. The fraction of sp³-hybridized carbons (Fsp3) is 0.462. The van der Waals surface area contributed by atoms with Crippen molar-refractivity contribution in [2.45, 2.75) is 42.0 Å². The number of benzene rings is 1. The van der Waals surface area contributed by atoms with Crippen molar-refractivity contribution >= 4 is 18.0 Å². The quantitative estimate of drug-likeness (QED) is 0.752. The molecule has 0 radical (unpaired) electrons. The molecule has 0 atom stereocenters. The summed E-state index contributed by atoms with van der Waals surface area (Å²) in [6.07, 6.45) is 0.158. The van der Waals surface area contributed by atoms with E-state index >= 15 is 0 Å². The minimum atomic E-state index is -4.40. The molecule has 1 saturated carbocycles. The highest BCUT2D eigenvalue weighted by molar-refractivity contribution is 8.00. The molecule has 98 valence electrons. The van der Waals surface area contributed by atoms with Crippen LogP contribution in [0, 0.1) is 0 Å². The summed E-state index contributed by atoms with van der Waals surface area (Å²) in [5.74, 6) is 0. The molecule has 0 aromatic heterocycles. The van der Waals surface area contributed by atoms with E-state index in [0.717, 1.165) is 31.7 Å². The van der Waals surface area contributed by atoms with E-state index in [1.807, 2.05) is 0 Å². The van der Waals surface area contributed by atoms with Crippen molar-refractivity contribution in [3.63, 3.8) is 0 Å². The van der Waals surface area contributed by atoms with Crippen LogP contribution in [0.5, 0.6) is 0 Å². The lowest BCUT2D eigenvalue weighted by Crippen LogP contribution is -2.09. The first-order chi connectivity index (χ1) is 8.50. The molecule has 0 heterocycles. The van der Waals surface area contributed by atoms with Gasteiger partial charge in [-0.1, -0.05) is 18.9 Å². The van der Waals surface area contributed by atoms with Crippen molar-refractivity contribution in [3.8, 4) is 0 Å². The lowest BCUT2D eigenvalue weighted by Gasteiger charge is -2.15. The zero-order valence-electron chi connectivity index (χ0n) is 9.67. The summed E-state index contributed by atoms with van der Waals surface area (Å²) in [6.45, 7) is 0. The van der Waals surface area contributed by atoms with Gasteiger partial charge in [-0.25, -0.2) is 0 Å². The highest BCUT2D eigenvalue weighted by Crippen LogP contribution is 2.41. The smallest absolute Gasteiger partial charge is 0.298 e. The maximum Gasteiger partial charge on any atom is 0.417 e. The third kappa shape index (κ3) is 3.07. The third-order valence-corrected chi connectivity index (χ3v) is 4.46. The number of halogens is 3. The number of alkyl halides is 3. The Morgan fingerprint density at radius 3 is 2.44 bits per heavy atom. The van der Waals surface area contributed by atoms with E-state index in [1.165, 1.54) is 23.9 Å². The van der Waals surface area contributed by atoms with Gasteiger partial charge in [-0.2, -0.15) is 13.2 Å². The Hall–Kier alpha value is -0.970. The van der Waals surface area contributed by atoms with Gasteiger partial charge in [-0.15, -0.1) is 11.8 Å². The molecule has 1 aliphatic rings. The molecule has 0 spiro atoms. The molecule has 2 rings (SSSR count). The van der Waals surface area contributed by atoms with Crippen LogP contribution in [0.3, 0.4) is 0 Å². The Morgan fingerprint density at radius 1 is 1.22 bits per heavy atom. The van der Waals surface area contributed by atoms with Crippen LogP contribution in [0.2, 0.25) is 0 Å². The summed E-state index contributed by atoms with van der Waals surface area (Å²) in [6, 6.07) is 3.79. The molecule has 0 bridgehead atoms. The molecule has 5 heteroatoms. The summed E-state index contributed by atoms with van der Waals surface area (Å²) < 4.78 is 38.7. The minimum absolute atomic E-state index is 0.0677. The normalized spacial score (nSPS) is 17.1.